The molecule has 0 spiro atoms. The van der Waals surface area contributed by atoms with Gasteiger partial charge in [0.2, 0.25) is 0 Å². The maximum Gasteiger partial charge on any atom is 0.407 e. The van der Waals surface area contributed by atoms with Crippen molar-refractivity contribution in [1.82, 2.24) is 10.2 Å². The van der Waals surface area contributed by atoms with Crippen molar-refractivity contribution < 1.29 is 19.4 Å². The van der Waals surface area contributed by atoms with E-state index in [1.165, 1.54) is 0 Å². The number of rotatable bonds is 11. The highest BCUT2D eigenvalue weighted by Gasteiger charge is 2.22. The van der Waals surface area contributed by atoms with Crippen LogP contribution >= 0.6 is 23.2 Å². The summed E-state index contributed by atoms with van der Waals surface area (Å²) >= 11 is 11.7. The van der Waals surface area contributed by atoms with Gasteiger partial charge in [-0.25, -0.2) is 4.79 Å². The fourth-order valence-electron chi connectivity index (χ4n) is 2.93. The molecule has 0 bridgehead atoms. The fourth-order valence-corrected chi connectivity index (χ4v) is 3.41. The van der Waals surface area contributed by atoms with Crippen molar-refractivity contribution in [3.8, 4) is 0 Å². The molecule has 1 amide bonds. The topological polar surface area (TPSA) is 78.9 Å². The number of aryl methyl sites for hydroxylation is 1. The third kappa shape index (κ3) is 10.7. The first-order chi connectivity index (χ1) is 13.5. The molecule has 0 saturated heterocycles. The largest absolute Gasteiger partial charge is 0.481 e. The Morgan fingerprint density at radius 3 is 2.34 bits per heavy atom. The molecule has 0 radical (unpaired) electrons. The highest BCUT2D eigenvalue weighted by atomic mass is 35.5. The second kappa shape index (κ2) is 12.3. The molecule has 164 valence electrons. The van der Waals surface area contributed by atoms with Crippen LogP contribution in [0.2, 0.25) is 0 Å². The number of halogens is 2. The molecule has 0 aromatic heterocycles. The van der Waals surface area contributed by atoms with Gasteiger partial charge in [-0.15, -0.1) is 23.2 Å². The van der Waals surface area contributed by atoms with Crippen molar-refractivity contribution in [1.29, 1.82) is 0 Å². The zero-order valence-corrected chi connectivity index (χ0v) is 19.1. The summed E-state index contributed by atoms with van der Waals surface area (Å²) in [6, 6.07) is 5.53. The van der Waals surface area contributed by atoms with E-state index in [4.69, 9.17) is 27.9 Å². The van der Waals surface area contributed by atoms with E-state index in [-0.39, 0.29) is 6.42 Å². The van der Waals surface area contributed by atoms with Crippen molar-refractivity contribution in [2.75, 3.05) is 24.8 Å². The summed E-state index contributed by atoms with van der Waals surface area (Å²) < 4.78 is 5.27. The van der Waals surface area contributed by atoms with E-state index in [0.717, 1.165) is 29.8 Å². The maximum absolute atomic E-state index is 12.1. The molecule has 2 N–H and O–H groups in total. The first kappa shape index (κ1) is 25.5. The van der Waals surface area contributed by atoms with E-state index in [0.29, 0.717) is 24.7 Å². The van der Waals surface area contributed by atoms with Gasteiger partial charge < -0.3 is 15.2 Å². The lowest BCUT2D eigenvalue weighted by atomic mass is 9.97. The molecule has 1 atom stereocenters. The van der Waals surface area contributed by atoms with Gasteiger partial charge in [0.1, 0.15) is 5.60 Å². The number of carboxylic acids is 1. The Morgan fingerprint density at radius 2 is 1.83 bits per heavy atom. The van der Waals surface area contributed by atoms with Crippen LogP contribution in [0, 0.1) is 6.92 Å². The van der Waals surface area contributed by atoms with Crippen LogP contribution < -0.4 is 5.32 Å². The Morgan fingerprint density at radius 1 is 1.21 bits per heavy atom. The molecule has 0 fully saturated rings. The summed E-state index contributed by atoms with van der Waals surface area (Å²) in [5, 5.41) is 11.9. The Bertz CT molecular complexity index is 671. The van der Waals surface area contributed by atoms with Gasteiger partial charge in [-0.1, -0.05) is 18.2 Å². The van der Waals surface area contributed by atoms with E-state index in [2.05, 4.69) is 16.3 Å². The highest BCUT2D eigenvalue weighted by molar-refractivity contribution is 6.18. The molecule has 1 aromatic carbocycles. The number of nitrogens with zero attached hydrogens (tertiary/aromatic N) is 1. The normalized spacial score (nSPS) is 12.7. The summed E-state index contributed by atoms with van der Waals surface area (Å²) in [5.41, 5.74) is 2.46. The zero-order chi connectivity index (χ0) is 22.0. The van der Waals surface area contributed by atoms with E-state index in [1.54, 1.807) is 20.8 Å². The number of carbonyl (C=O) groups is 2. The number of carbonyl (C=O) groups excluding carboxylic acids is 1. The highest BCUT2D eigenvalue weighted by Crippen LogP contribution is 2.17. The fraction of sp³-hybridized carbons (Fsp3) is 0.619. The maximum atomic E-state index is 12.1. The van der Waals surface area contributed by atoms with E-state index >= 15 is 0 Å². The minimum Gasteiger partial charge on any atom is -0.481 e. The van der Waals surface area contributed by atoms with Crippen LogP contribution in [0.5, 0.6) is 0 Å². The number of alkyl carbamates (subject to hydrolysis) is 1. The Hall–Kier alpha value is -1.50. The number of amides is 1. The Kier molecular flexibility index (Phi) is 10.8. The summed E-state index contributed by atoms with van der Waals surface area (Å²) in [4.78, 5) is 25.6. The molecule has 29 heavy (non-hydrogen) atoms. The summed E-state index contributed by atoms with van der Waals surface area (Å²) in [6.45, 7) is 9.44. The summed E-state index contributed by atoms with van der Waals surface area (Å²) in [5.74, 6) is 0.0712. The monoisotopic (exact) mass is 446 g/mol. The average molecular weight is 447 g/mol. The van der Waals surface area contributed by atoms with Gasteiger partial charge in [-0.2, -0.15) is 0 Å². The van der Waals surface area contributed by atoms with Gasteiger partial charge in [-0.05, 0) is 50.8 Å². The van der Waals surface area contributed by atoms with E-state index < -0.39 is 23.7 Å². The van der Waals surface area contributed by atoms with Gasteiger partial charge in [0.05, 0.1) is 6.42 Å². The molecule has 0 heterocycles. The second-order valence-corrected chi connectivity index (χ2v) is 8.82. The lowest BCUT2D eigenvalue weighted by Gasteiger charge is -2.24. The number of alkyl halides is 2. The van der Waals surface area contributed by atoms with Crippen LogP contribution in [0.1, 0.15) is 43.9 Å². The van der Waals surface area contributed by atoms with Gasteiger partial charge in [-0.3, -0.25) is 9.69 Å². The van der Waals surface area contributed by atoms with Gasteiger partial charge >= 0.3 is 12.1 Å². The molecule has 0 aliphatic carbocycles. The van der Waals surface area contributed by atoms with Crippen LogP contribution in [-0.2, 0) is 22.5 Å². The smallest absolute Gasteiger partial charge is 0.407 e. The minimum absolute atomic E-state index is 0.187. The molecule has 8 heteroatoms. The van der Waals surface area contributed by atoms with Crippen molar-refractivity contribution in [2.24, 2.45) is 0 Å². The lowest BCUT2D eigenvalue weighted by Crippen LogP contribution is -2.41. The number of carboxylic acid groups (broad SMARTS) is 1. The molecule has 1 aromatic rings. The van der Waals surface area contributed by atoms with Crippen molar-refractivity contribution in [3.63, 3.8) is 0 Å². The third-order valence-corrected chi connectivity index (χ3v) is 4.57. The number of nitrogens with one attached hydrogen (secondary N) is 1. The summed E-state index contributed by atoms with van der Waals surface area (Å²) in [6.07, 6.45) is -0.406. The molecule has 0 unspecified atom stereocenters. The van der Waals surface area contributed by atoms with E-state index in [1.807, 2.05) is 19.1 Å². The van der Waals surface area contributed by atoms with Crippen molar-refractivity contribution in [3.05, 3.63) is 34.9 Å². The van der Waals surface area contributed by atoms with Crippen LogP contribution in [-0.4, -0.2) is 58.6 Å². The van der Waals surface area contributed by atoms with Crippen LogP contribution in [0.15, 0.2) is 18.2 Å². The lowest BCUT2D eigenvalue weighted by molar-refractivity contribution is -0.137. The quantitative estimate of drug-likeness (QED) is 0.498. The first-order valence-corrected chi connectivity index (χ1v) is 10.7. The Labute approximate surface area is 183 Å². The van der Waals surface area contributed by atoms with Crippen molar-refractivity contribution >= 4 is 35.3 Å². The predicted octanol–water partition coefficient (Wildman–Crippen LogP) is 4.19. The van der Waals surface area contributed by atoms with Gasteiger partial charge in [0, 0.05) is 37.4 Å². The molecular formula is C21H32Cl2N2O4. The molecule has 0 saturated carbocycles. The van der Waals surface area contributed by atoms with E-state index in [9.17, 15) is 14.7 Å². The molecule has 1 rings (SSSR count). The van der Waals surface area contributed by atoms with Crippen LogP contribution in [0.25, 0.3) is 0 Å². The molecule has 0 aliphatic heterocycles. The number of ether oxygens (including phenoxy) is 1. The van der Waals surface area contributed by atoms with Crippen LogP contribution in [0.3, 0.4) is 0 Å². The zero-order valence-electron chi connectivity index (χ0n) is 17.6. The van der Waals surface area contributed by atoms with Crippen molar-refractivity contribution in [2.45, 2.75) is 58.7 Å². The SMILES string of the molecule is Cc1ccc(CN(CCCl)CCCl)cc1C[C@@H](CC(=O)O)NC(=O)OC(C)(C)C. The Balaban J connectivity index is 2.94. The number of hydrogen-bond acceptors (Lipinski definition) is 4. The molecular weight excluding hydrogens is 415 g/mol. The van der Waals surface area contributed by atoms with Crippen LogP contribution in [0.4, 0.5) is 4.79 Å². The van der Waals surface area contributed by atoms with Gasteiger partial charge in [0.25, 0.3) is 0 Å². The second-order valence-electron chi connectivity index (χ2n) is 8.06. The third-order valence-electron chi connectivity index (χ3n) is 4.23. The van der Waals surface area contributed by atoms with Gasteiger partial charge in [0.15, 0.2) is 0 Å². The predicted molar refractivity (Wildman–Crippen MR) is 117 cm³/mol. The molecule has 6 nitrogen and oxygen atoms in total. The summed E-state index contributed by atoms with van der Waals surface area (Å²) in [7, 11) is 0. The minimum atomic E-state index is -0.977. The first-order valence-electron chi connectivity index (χ1n) is 9.68. The average Bonchev–Trinajstić information content (AvgIpc) is 2.56. The number of aliphatic carboxylic acids is 1. The molecule has 0 aliphatic rings. The number of hydrogen-bond donors (Lipinski definition) is 2. The number of benzene rings is 1. The standard InChI is InChI=1S/C21H32Cl2N2O4/c1-15-5-6-16(14-25(9-7-22)10-8-23)11-17(15)12-18(13-19(26)27)24-20(28)29-21(2,3)4/h5-6,11,18H,7-10,12-14H2,1-4H3,(H,24,28)(H,26,27)/t18-/m0/s1.